The summed E-state index contributed by atoms with van der Waals surface area (Å²) in [7, 11) is 0. The summed E-state index contributed by atoms with van der Waals surface area (Å²) in [5, 5.41) is 0. The molecule has 0 aromatic heterocycles. The normalized spacial score (nSPS) is 21.4. The van der Waals surface area contributed by atoms with Crippen molar-refractivity contribution in [3.63, 3.8) is 0 Å². The Hall–Kier alpha value is -2.29. The van der Waals surface area contributed by atoms with E-state index in [1.54, 1.807) is 5.57 Å². The van der Waals surface area contributed by atoms with Crippen molar-refractivity contribution in [1.29, 1.82) is 0 Å². The minimum atomic E-state index is -0.0859. The highest BCUT2D eigenvalue weighted by Crippen LogP contribution is 2.42. The third-order valence-corrected chi connectivity index (χ3v) is 9.22. The van der Waals surface area contributed by atoms with E-state index in [-0.39, 0.29) is 41.5 Å². The lowest BCUT2D eigenvalue weighted by atomic mass is 9.71. The summed E-state index contributed by atoms with van der Waals surface area (Å²) in [6.07, 6.45) is 17.5. The molecule has 3 heteroatoms. The molecule has 37 heavy (non-hydrogen) atoms. The van der Waals surface area contributed by atoms with Crippen molar-refractivity contribution in [3.8, 4) is 0 Å². The van der Waals surface area contributed by atoms with Crippen molar-refractivity contribution in [3.05, 3.63) is 52.1 Å². The number of Topliss-reactive ketones (excluding diaryl/α,β-unsaturated/α-hetero) is 3. The Morgan fingerprint density at radius 2 is 1.78 bits per heavy atom. The summed E-state index contributed by atoms with van der Waals surface area (Å²) in [5.41, 5.74) is 7.46. The summed E-state index contributed by atoms with van der Waals surface area (Å²) in [6, 6.07) is 4.38. The molecule has 0 saturated heterocycles. The standard InChI is InChI=1S/C34H46O3/c1-5-9-27(29(6-2)32(36)16-23(4)35)19-26-20-31-30(15-12-22(3)34(31)33(37)21-26)28-14-13-25(18-28)17-24-10-7-8-11-24/h12-15,24,26-27,29H,5-11,16-21H2,1-4H3. The van der Waals surface area contributed by atoms with Crippen LogP contribution in [0.5, 0.6) is 0 Å². The maximum atomic E-state index is 13.5. The highest BCUT2D eigenvalue weighted by molar-refractivity contribution is 6.01. The minimum absolute atomic E-state index is 0.0405. The van der Waals surface area contributed by atoms with Crippen molar-refractivity contribution < 1.29 is 14.4 Å². The second-order valence-corrected chi connectivity index (χ2v) is 12.2. The Morgan fingerprint density at radius 3 is 2.46 bits per heavy atom. The fraction of sp³-hybridized carbons (Fsp3) is 0.618. The molecule has 4 rings (SSSR count). The number of hydrogen-bond acceptors (Lipinski definition) is 3. The van der Waals surface area contributed by atoms with Gasteiger partial charge in [-0.2, -0.15) is 0 Å². The Balaban J connectivity index is 1.53. The number of ketones is 3. The van der Waals surface area contributed by atoms with Gasteiger partial charge in [0.05, 0.1) is 6.42 Å². The van der Waals surface area contributed by atoms with Crippen molar-refractivity contribution in [1.82, 2.24) is 0 Å². The monoisotopic (exact) mass is 502 g/mol. The molecule has 0 heterocycles. The molecule has 0 bridgehead atoms. The van der Waals surface area contributed by atoms with Gasteiger partial charge in [-0.1, -0.05) is 82.2 Å². The van der Waals surface area contributed by atoms with E-state index < -0.39 is 0 Å². The fourth-order valence-electron chi connectivity index (χ4n) is 7.53. The summed E-state index contributed by atoms with van der Waals surface area (Å²) in [5.74, 6) is 1.56. The average Bonchev–Trinajstić information content (AvgIpc) is 3.52. The van der Waals surface area contributed by atoms with E-state index in [0.29, 0.717) is 6.42 Å². The van der Waals surface area contributed by atoms with Crippen molar-refractivity contribution in [2.75, 3.05) is 0 Å². The number of allylic oxidation sites excluding steroid dienone is 4. The lowest BCUT2D eigenvalue weighted by Gasteiger charge is -2.32. The predicted molar refractivity (Wildman–Crippen MR) is 152 cm³/mol. The first-order valence-corrected chi connectivity index (χ1v) is 14.9. The summed E-state index contributed by atoms with van der Waals surface area (Å²) in [6.45, 7) is 7.81. The highest BCUT2D eigenvalue weighted by atomic mass is 16.1. The Kier molecular flexibility index (Phi) is 9.37. The van der Waals surface area contributed by atoms with Crippen molar-refractivity contribution in [2.45, 2.75) is 111 Å². The van der Waals surface area contributed by atoms with Gasteiger partial charge in [0, 0.05) is 17.9 Å². The van der Waals surface area contributed by atoms with Crippen LogP contribution in [0.3, 0.4) is 0 Å². The van der Waals surface area contributed by atoms with Gasteiger partial charge < -0.3 is 0 Å². The van der Waals surface area contributed by atoms with E-state index in [0.717, 1.165) is 55.6 Å². The zero-order chi connectivity index (χ0) is 26.5. The number of fused-ring (bicyclic) bond motifs is 1. The lowest BCUT2D eigenvalue weighted by Crippen LogP contribution is -2.30. The van der Waals surface area contributed by atoms with Crippen molar-refractivity contribution in [2.24, 2.45) is 23.7 Å². The quantitative estimate of drug-likeness (QED) is 0.270. The van der Waals surface area contributed by atoms with E-state index in [2.05, 4.69) is 45.1 Å². The SMILES string of the molecule is CCCC(CC1CC(=O)c2c(C)ccc(C3=CC=C(CC4CCCC4)C3)c2C1)C(CC)C(=O)CC(C)=O. The molecule has 3 unspecified atom stereocenters. The van der Waals surface area contributed by atoms with Gasteiger partial charge in [0.15, 0.2) is 5.78 Å². The zero-order valence-electron chi connectivity index (χ0n) is 23.5. The third kappa shape index (κ3) is 6.59. The van der Waals surface area contributed by atoms with Crippen LogP contribution in [-0.2, 0) is 16.0 Å². The van der Waals surface area contributed by atoms with Gasteiger partial charge in [0.25, 0.3) is 0 Å². The first-order valence-electron chi connectivity index (χ1n) is 14.9. The number of carbonyl (C=O) groups excluding carboxylic acids is 3. The molecule has 3 aliphatic carbocycles. The molecule has 1 saturated carbocycles. The highest BCUT2D eigenvalue weighted by Gasteiger charge is 2.34. The second-order valence-electron chi connectivity index (χ2n) is 12.2. The average molecular weight is 503 g/mol. The first-order chi connectivity index (χ1) is 17.8. The Labute approximate surface area is 224 Å². The number of carbonyl (C=O) groups is 3. The first kappa shape index (κ1) is 27.7. The molecule has 1 fully saturated rings. The van der Waals surface area contributed by atoms with Crippen LogP contribution < -0.4 is 0 Å². The van der Waals surface area contributed by atoms with E-state index >= 15 is 0 Å². The van der Waals surface area contributed by atoms with Crippen LogP contribution in [0.1, 0.15) is 125 Å². The molecular weight excluding hydrogens is 456 g/mol. The molecular formula is C34H46O3. The van der Waals surface area contributed by atoms with Crippen LogP contribution in [0.4, 0.5) is 0 Å². The van der Waals surface area contributed by atoms with E-state index in [1.165, 1.54) is 55.7 Å². The summed E-state index contributed by atoms with van der Waals surface area (Å²) in [4.78, 5) is 38.1. The molecule has 0 amide bonds. The van der Waals surface area contributed by atoms with Crippen LogP contribution in [0.25, 0.3) is 5.57 Å². The van der Waals surface area contributed by atoms with Crippen LogP contribution in [-0.4, -0.2) is 17.3 Å². The predicted octanol–water partition coefficient (Wildman–Crippen LogP) is 8.41. The molecule has 0 N–H and O–H groups in total. The van der Waals surface area contributed by atoms with Gasteiger partial charge in [-0.15, -0.1) is 0 Å². The number of rotatable bonds is 12. The minimum Gasteiger partial charge on any atom is -0.300 e. The van der Waals surface area contributed by atoms with Crippen LogP contribution in [0, 0.1) is 30.6 Å². The smallest absolute Gasteiger partial charge is 0.163 e. The van der Waals surface area contributed by atoms with Crippen LogP contribution in [0.2, 0.25) is 0 Å². The van der Waals surface area contributed by atoms with E-state index in [4.69, 9.17) is 0 Å². The summed E-state index contributed by atoms with van der Waals surface area (Å²) < 4.78 is 0. The topological polar surface area (TPSA) is 51.2 Å². The molecule has 200 valence electrons. The number of hydrogen-bond donors (Lipinski definition) is 0. The zero-order valence-corrected chi connectivity index (χ0v) is 23.5. The number of aryl methyl sites for hydroxylation is 1. The maximum Gasteiger partial charge on any atom is 0.163 e. The van der Waals surface area contributed by atoms with Gasteiger partial charge in [0.2, 0.25) is 0 Å². The third-order valence-electron chi connectivity index (χ3n) is 9.22. The van der Waals surface area contributed by atoms with Gasteiger partial charge in [0.1, 0.15) is 11.6 Å². The van der Waals surface area contributed by atoms with Gasteiger partial charge in [-0.05, 0) is 86.0 Å². The molecule has 0 radical (unpaired) electrons. The second kappa shape index (κ2) is 12.5. The van der Waals surface area contributed by atoms with E-state index in [1.807, 2.05) is 0 Å². The lowest BCUT2D eigenvalue weighted by molar-refractivity contribution is -0.129. The van der Waals surface area contributed by atoms with Crippen LogP contribution >= 0.6 is 0 Å². The largest absolute Gasteiger partial charge is 0.300 e. The fourth-order valence-corrected chi connectivity index (χ4v) is 7.53. The Bertz CT molecular complexity index is 1080. The van der Waals surface area contributed by atoms with Crippen LogP contribution in [0.15, 0.2) is 29.9 Å². The summed E-state index contributed by atoms with van der Waals surface area (Å²) >= 11 is 0. The Morgan fingerprint density at radius 1 is 1.03 bits per heavy atom. The maximum absolute atomic E-state index is 13.5. The molecule has 0 spiro atoms. The molecule has 3 nitrogen and oxygen atoms in total. The molecule has 1 aromatic rings. The van der Waals surface area contributed by atoms with E-state index in [9.17, 15) is 14.4 Å². The van der Waals surface area contributed by atoms with Gasteiger partial charge in [-0.3, -0.25) is 14.4 Å². The molecule has 1 aromatic carbocycles. The van der Waals surface area contributed by atoms with Gasteiger partial charge >= 0.3 is 0 Å². The molecule has 3 aliphatic rings. The van der Waals surface area contributed by atoms with Gasteiger partial charge in [-0.25, -0.2) is 0 Å². The molecule has 0 aliphatic heterocycles. The van der Waals surface area contributed by atoms with Crippen molar-refractivity contribution >= 4 is 22.9 Å². The molecule has 3 atom stereocenters. The number of benzene rings is 1.